The molecule has 2 aliphatic rings. The van der Waals surface area contributed by atoms with Crippen molar-refractivity contribution in [1.82, 2.24) is 15.3 Å². The smallest absolute Gasteiger partial charge is 0.149 e. The molecule has 0 spiro atoms. The molecule has 7 nitrogen and oxygen atoms in total. The number of nitrogens with one attached hydrogen (secondary N) is 3. The predicted molar refractivity (Wildman–Crippen MR) is 139 cm³/mol. The first-order valence-corrected chi connectivity index (χ1v) is 13.0. The maximum absolute atomic E-state index is 14.9. The minimum Gasteiger partial charge on any atom is -0.383 e. The van der Waals surface area contributed by atoms with E-state index in [0.717, 1.165) is 77.1 Å². The Kier molecular flexibility index (Phi) is 9.16. The fourth-order valence-corrected chi connectivity index (χ4v) is 5.04. The summed E-state index contributed by atoms with van der Waals surface area (Å²) in [6.07, 6.45) is 9.21. The van der Waals surface area contributed by atoms with E-state index >= 15 is 0 Å². The van der Waals surface area contributed by atoms with Gasteiger partial charge in [0.05, 0.1) is 24.7 Å². The summed E-state index contributed by atoms with van der Waals surface area (Å²) in [5, 5.41) is 10.8. The largest absolute Gasteiger partial charge is 0.383 e. The van der Waals surface area contributed by atoms with Gasteiger partial charge in [-0.05, 0) is 56.1 Å². The fraction of sp³-hybridized carbons (Fsp3) is 0.615. The van der Waals surface area contributed by atoms with E-state index in [9.17, 15) is 4.39 Å². The summed E-state index contributed by atoms with van der Waals surface area (Å²) < 4.78 is 25.5. The minimum absolute atomic E-state index is 0.162. The molecule has 3 N–H and O–H groups in total. The first-order valence-electron chi connectivity index (χ1n) is 12.6. The Balaban J connectivity index is 1.40. The van der Waals surface area contributed by atoms with E-state index in [2.05, 4.69) is 32.8 Å². The molecule has 2 aromatic heterocycles. The van der Waals surface area contributed by atoms with Crippen molar-refractivity contribution in [3.63, 3.8) is 0 Å². The molecule has 9 heteroatoms. The van der Waals surface area contributed by atoms with Gasteiger partial charge in [-0.3, -0.25) is 0 Å². The lowest BCUT2D eigenvalue weighted by Gasteiger charge is -2.33. The van der Waals surface area contributed by atoms with Gasteiger partial charge in [-0.25, -0.2) is 14.4 Å². The molecular formula is C26H37ClFN5O2. The second-order valence-corrected chi connectivity index (χ2v) is 10.4. The predicted octanol–water partition coefficient (Wildman–Crippen LogP) is 5.12. The van der Waals surface area contributed by atoms with Crippen molar-refractivity contribution in [2.24, 2.45) is 5.41 Å². The van der Waals surface area contributed by atoms with Gasteiger partial charge in [0, 0.05) is 56.6 Å². The summed E-state index contributed by atoms with van der Waals surface area (Å²) in [6, 6.07) is 4.44. The third-order valence-electron chi connectivity index (χ3n) is 7.22. The molecule has 1 saturated heterocycles. The molecule has 3 heterocycles. The first kappa shape index (κ1) is 26.1. The number of hydrogen-bond acceptors (Lipinski definition) is 7. The molecule has 192 valence electrons. The van der Waals surface area contributed by atoms with Gasteiger partial charge in [-0.15, -0.1) is 0 Å². The van der Waals surface area contributed by atoms with E-state index in [1.807, 2.05) is 6.07 Å². The molecule has 0 amide bonds. The van der Waals surface area contributed by atoms with Crippen molar-refractivity contribution in [1.29, 1.82) is 0 Å². The van der Waals surface area contributed by atoms with E-state index in [1.165, 1.54) is 6.20 Å². The van der Waals surface area contributed by atoms with Gasteiger partial charge >= 0.3 is 0 Å². The molecule has 2 fully saturated rings. The van der Waals surface area contributed by atoms with E-state index in [0.29, 0.717) is 29.0 Å². The van der Waals surface area contributed by atoms with Crippen LogP contribution in [0, 0.1) is 11.2 Å². The van der Waals surface area contributed by atoms with E-state index in [4.69, 9.17) is 21.1 Å². The van der Waals surface area contributed by atoms with Gasteiger partial charge in [0.1, 0.15) is 16.8 Å². The summed E-state index contributed by atoms with van der Waals surface area (Å²) in [5.74, 6) is 0.236. The highest BCUT2D eigenvalue weighted by Gasteiger charge is 2.27. The number of aromatic nitrogens is 2. The maximum Gasteiger partial charge on any atom is 0.149 e. The van der Waals surface area contributed by atoms with Gasteiger partial charge in [0.15, 0.2) is 0 Å². The standard InChI is InChI=1S/C26H37ClFN5O2/c1-26(7-10-35-11-8-26)17-32-20-13-22(25(27)31-15-20)21-14-24(30-16-23(21)28)33-19-5-3-18(4-6-19)29-9-12-34-2/h13-16,18-19,29,32H,3-12,17H2,1-2H3,(H,30,33)/t18-,19-. The van der Waals surface area contributed by atoms with Crippen LogP contribution in [-0.4, -0.2) is 62.1 Å². The monoisotopic (exact) mass is 505 g/mol. The molecule has 0 atom stereocenters. The highest BCUT2D eigenvalue weighted by atomic mass is 35.5. The van der Waals surface area contributed by atoms with E-state index in [-0.39, 0.29) is 10.6 Å². The summed E-state index contributed by atoms with van der Waals surface area (Å²) in [5.41, 5.74) is 1.94. The Hall–Kier alpha value is -2.00. The van der Waals surface area contributed by atoms with Crippen LogP contribution in [-0.2, 0) is 9.47 Å². The maximum atomic E-state index is 14.9. The SMILES string of the molecule is COCCN[C@H]1CC[C@H](Nc2cc(-c3cc(NCC4(C)CCOCC4)cnc3Cl)c(F)cn2)CC1. The lowest BCUT2D eigenvalue weighted by molar-refractivity contribution is 0.0300. The van der Waals surface area contributed by atoms with Gasteiger partial charge in [0.2, 0.25) is 0 Å². The van der Waals surface area contributed by atoms with Gasteiger partial charge < -0.3 is 25.4 Å². The quantitative estimate of drug-likeness (QED) is 0.305. The highest BCUT2D eigenvalue weighted by Crippen LogP contribution is 2.34. The first-order chi connectivity index (χ1) is 17.0. The normalized spacial score (nSPS) is 22.1. The molecule has 35 heavy (non-hydrogen) atoms. The molecule has 2 aromatic rings. The van der Waals surface area contributed by atoms with Crippen LogP contribution in [0.25, 0.3) is 11.1 Å². The van der Waals surface area contributed by atoms with Crippen LogP contribution >= 0.6 is 11.6 Å². The van der Waals surface area contributed by atoms with E-state index < -0.39 is 5.82 Å². The lowest BCUT2D eigenvalue weighted by atomic mass is 9.82. The minimum atomic E-state index is -0.418. The molecular weight excluding hydrogens is 469 g/mol. The number of methoxy groups -OCH3 is 1. The van der Waals surface area contributed by atoms with Crippen molar-refractivity contribution < 1.29 is 13.9 Å². The summed E-state index contributed by atoms with van der Waals surface area (Å²) in [4.78, 5) is 8.61. The molecule has 1 aliphatic carbocycles. The molecule has 0 radical (unpaired) electrons. The zero-order valence-electron chi connectivity index (χ0n) is 20.7. The zero-order chi connectivity index (χ0) is 24.7. The Morgan fingerprint density at radius 2 is 1.83 bits per heavy atom. The third kappa shape index (κ3) is 7.26. The number of hydrogen-bond donors (Lipinski definition) is 3. The van der Waals surface area contributed by atoms with Crippen LogP contribution in [0.15, 0.2) is 24.5 Å². The molecule has 4 rings (SSSR count). The third-order valence-corrected chi connectivity index (χ3v) is 7.52. The van der Waals surface area contributed by atoms with Crippen molar-refractivity contribution in [2.75, 3.05) is 50.7 Å². The lowest BCUT2D eigenvalue weighted by Crippen LogP contribution is -2.38. The number of nitrogens with zero attached hydrogens (tertiary/aromatic N) is 2. The Labute approximate surface area is 212 Å². The Morgan fingerprint density at radius 1 is 1.09 bits per heavy atom. The Morgan fingerprint density at radius 3 is 2.57 bits per heavy atom. The molecule has 0 aromatic carbocycles. The molecule has 0 unspecified atom stereocenters. The average Bonchev–Trinajstić information content (AvgIpc) is 2.86. The Bertz CT molecular complexity index is 965. The van der Waals surface area contributed by atoms with Crippen LogP contribution in [0.3, 0.4) is 0 Å². The zero-order valence-corrected chi connectivity index (χ0v) is 21.5. The van der Waals surface area contributed by atoms with Crippen molar-refractivity contribution >= 4 is 23.1 Å². The summed E-state index contributed by atoms with van der Waals surface area (Å²) >= 11 is 6.41. The van der Waals surface area contributed by atoms with Gasteiger partial charge in [-0.1, -0.05) is 18.5 Å². The van der Waals surface area contributed by atoms with Gasteiger partial charge in [-0.2, -0.15) is 0 Å². The van der Waals surface area contributed by atoms with Crippen LogP contribution in [0.5, 0.6) is 0 Å². The number of pyridine rings is 2. The number of rotatable bonds is 10. The van der Waals surface area contributed by atoms with Crippen LogP contribution in [0.1, 0.15) is 45.4 Å². The van der Waals surface area contributed by atoms with Crippen molar-refractivity contribution in [3.05, 3.63) is 35.5 Å². The number of ether oxygens (including phenoxy) is 2. The number of halogens is 2. The van der Waals surface area contributed by atoms with E-state index in [1.54, 1.807) is 19.4 Å². The topological polar surface area (TPSA) is 80.3 Å². The fourth-order valence-electron chi connectivity index (χ4n) is 4.83. The van der Waals surface area contributed by atoms with Gasteiger partial charge in [0.25, 0.3) is 0 Å². The second kappa shape index (κ2) is 12.3. The van der Waals surface area contributed by atoms with Crippen LogP contribution in [0.2, 0.25) is 5.15 Å². The molecule has 1 saturated carbocycles. The second-order valence-electron chi connectivity index (χ2n) is 10.0. The number of anilines is 2. The van der Waals surface area contributed by atoms with Crippen molar-refractivity contribution in [3.8, 4) is 11.1 Å². The van der Waals surface area contributed by atoms with Crippen LogP contribution < -0.4 is 16.0 Å². The molecule has 0 bridgehead atoms. The average molecular weight is 506 g/mol. The van der Waals surface area contributed by atoms with Crippen LogP contribution in [0.4, 0.5) is 15.9 Å². The van der Waals surface area contributed by atoms with Crippen molar-refractivity contribution in [2.45, 2.75) is 57.5 Å². The summed E-state index contributed by atoms with van der Waals surface area (Å²) in [7, 11) is 1.72. The highest BCUT2D eigenvalue weighted by molar-refractivity contribution is 6.32. The molecule has 1 aliphatic heterocycles. The summed E-state index contributed by atoms with van der Waals surface area (Å²) in [6.45, 7) is 6.23.